The first-order chi connectivity index (χ1) is 10.6. The molecule has 0 aromatic heterocycles. The molecule has 2 aliphatic rings. The Balaban J connectivity index is 1.75. The smallest absolute Gasteiger partial charge is 0.281 e. The van der Waals surface area contributed by atoms with Crippen molar-refractivity contribution < 1.29 is 9.59 Å². The predicted molar refractivity (Wildman–Crippen MR) is 100 cm³/mol. The molecule has 2 N–H and O–H groups in total. The topological polar surface area (TPSA) is 64.7 Å². The van der Waals surface area contributed by atoms with E-state index in [-0.39, 0.29) is 10.8 Å². The highest BCUT2D eigenvalue weighted by molar-refractivity contribution is 8.26. The van der Waals surface area contributed by atoms with Gasteiger partial charge in [0.2, 0.25) is 0 Å². The fourth-order valence-electron chi connectivity index (χ4n) is 2.12. The molecule has 0 aliphatic heterocycles. The molecule has 6 nitrogen and oxygen atoms in total. The molecule has 0 aromatic carbocycles. The molecule has 9 heteroatoms. The molecule has 23 heavy (non-hydrogen) atoms. The molecule has 0 spiro atoms. The molecule has 2 amide bonds. The zero-order valence-electron chi connectivity index (χ0n) is 13.8. The van der Waals surface area contributed by atoms with Crippen molar-refractivity contribution in [2.75, 3.05) is 14.1 Å². The van der Waals surface area contributed by atoms with E-state index in [2.05, 4.69) is 24.7 Å². The molecule has 0 saturated heterocycles. The molecule has 0 unspecified atom stereocenters. The number of hydrazine groups is 2. The summed E-state index contributed by atoms with van der Waals surface area (Å²) in [4.78, 5) is 25.2. The Hall–Kier alpha value is -0.930. The number of hydrogen-bond acceptors (Lipinski definition) is 5. The van der Waals surface area contributed by atoms with Gasteiger partial charge < -0.3 is 0 Å². The van der Waals surface area contributed by atoms with Crippen LogP contribution in [-0.2, 0) is 0 Å². The Labute approximate surface area is 151 Å². The Bertz CT molecular complexity index is 510. The number of nitrogens with zero attached hydrogens (tertiary/aromatic N) is 2. The van der Waals surface area contributed by atoms with Gasteiger partial charge in [-0.3, -0.25) is 30.5 Å². The maximum atomic E-state index is 11.9. The van der Waals surface area contributed by atoms with Crippen LogP contribution in [0.1, 0.15) is 39.5 Å². The lowest BCUT2D eigenvalue weighted by molar-refractivity contribution is 0.241. The van der Waals surface area contributed by atoms with Gasteiger partial charge in [-0.05, 0) is 25.7 Å². The Kier molecular flexibility index (Phi) is 5.22. The van der Waals surface area contributed by atoms with Gasteiger partial charge in [0.15, 0.2) is 0 Å². The highest BCUT2D eigenvalue weighted by Crippen LogP contribution is 2.47. The van der Waals surface area contributed by atoms with Crippen LogP contribution < -0.4 is 10.9 Å². The monoisotopic (exact) mass is 374 g/mol. The average Bonchev–Trinajstić information content (AvgIpc) is 3.37. The minimum atomic E-state index is -0.478. The predicted octanol–water partition coefficient (Wildman–Crippen LogP) is 3.09. The summed E-state index contributed by atoms with van der Waals surface area (Å²) in [6.07, 6.45) is 4.11. The van der Waals surface area contributed by atoms with Crippen LogP contribution in [0.25, 0.3) is 0 Å². The summed E-state index contributed by atoms with van der Waals surface area (Å²) in [6.45, 7) is 4.12. The fourth-order valence-corrected chi connectivity index (χ4v) is 3.15. The van der Waals surface area contributed by atoms with E-state index in [0.717, 1.165) is 25.7 Å². The van der Waals surface area contributed by atoms with Crippen molar-refractivity contribution in [3.05, 3.63) is 0 Å². The number of hydrogen-bond donors (Lipinski definition) is 2. The largest absolute Gasteiger partial charge is 0.307 e. The highest BCUT2D eigenvalue weighted by Gasteiger charge is 2.44. The number of thioether (sulfide) groups is 1. The Morgan fingerprint density at radius 1 is 0.870 bits per heavy atom. The average molecular weight is 375 g/mol. The summed E-state index contributed by atoms with van der Waals surface area (Å²) in [5, 5.41) is 2.08. The summed E-state index contributed by atoms with van der Waals surface area (Å²) in [6, 6.07) is 0. The van der Waals surface area contributed by atoms with Gasteiger partial charge >= 0.3 is 10.5 Å². The van der Waals surface area contributed by atoms with Crippen molar-refractivity contribution in [3.63, 3.8) is 0 Å². The van der Waals surface area contributed by atoms with E-state index in [0.29, 0.717) is 21.7 Å². The number of thiocarbonyl (C=S) groups is 2. The zero-order chi connectivity index (χ0) is 17.4. The van der Waals surface area contributed by atoms with Crippen molar-refractivity contribution in [3.8, 4) is 0 Å². The molecule has 0 radical (unpaired) electrons. The number of carbonyl (C=O) groups is 2. The van der Waals surface area contributed by atoms with Crippen LogP contribution in [0.5, 0.6) is 0 Å². The van der Waals surface area contributed by atoms with Crippen LogP contribution in [0.2, 0.25) is 0 Å². The van der Waals surface area contributed by atoms with Crippen LogP contribution in [-0.4, -0.2) is 44.6 Å². The normalized spacial score (nSPS) is 19.3. The molecule has 128 valence electrons. The van der Waals surface area contributed by atoms with Crippen LogP contribution in [0.15, 0.2) is 0 Å². The maximum absolute atomic E-state index is 11.9. The van der Waals surface area contributed by atoms with Gasteiger partial charge in [-0.15, -0.1) is 0 Å². The maximum Gasteiger partial charge on any atom is 0.307 e. The lowest BCUT2D eigenvalue weighted by Crippen LogP contribution is -2.46. The quantitative estimate of drug-likeness (QED) is 0.569. The number of rotatable bonds is 2. The van der Waals surface area contributed by atoms with E-state index in [9.17, 15) is 9.59 Å². The van der Waals surface area contributed by atoms with E-state index in [4.69, 9.17) is 24.4 Å². The van der Waals surface area contributed by atoms with Crippen molar-refractivity contribution in [1.82, 2.24) is 20.9 Å². The molecule has 2 rings (SSSR count). The van der Waals surface area contributed by atoms with E-state index in [1.54, 1.807) is 14.1 Å². The fraction of sp³-hybridized carbons (Fsp3) is 0.714. The highest BCUT2D eigenvalue weighted by atomic mass is 32.2. The standard InChI is InChI=1S/C14H22N4O2S3/c1-13(5-6-13)9(21)17(3)15-11(19)23-12(20)16-18(4)10(22)14(2)7-8-14/h5-8H2,1-4H3,(H,15,19)(H,16,20). The zero-order valence-corrected chi connectivity index (χ0v) is 16.2. The summed E-state index contributed by atoms with van der Waals surface area (Å²) < 4.78 is 0. The first kappa shape index (κ1) is 18.4. The van der Waals surface area contributed by atoms with E-state index >= 15 is 0 Å². The van der Waals surface area contributed by atoms with Gasteiger partial charge in [-0.25, -0.2) is 0 Å². The van der Waals surface area contributed by atoms with Crippen LogP contribution in [0.3, 0.4) is 0 Å². The third-order valence-corrected chi connectivity index (χ3v) is 6.43. The SMILES string of the molecule is CN(NC(=O)SC(=O)NN(C)C(=S)C1(C)CC1)C(=S)C1(C)CC1. The second kappa shape index (κ2) is 6.52. The first-order valence-corrected chi connectivity index (χ1v) is 9.06. The van der Waals surface area contributed by atoms with Gasteiger partial charge in [-0.2, -0.15) is 0 Å². The third kappa shape index (κ3) is 4.54. The molecule has 0 bridgehead atoms. The number of carbonyl (C=O) groups excluding carboxylic acids is 2. The third-order valence-electron chi connectivity index (χ3n) is 4.35. The second-order valence-corrected chi connectivity index (χ2v) is 8.47. The molecular weight excluding hydrogens is 352 g/mol. The van der Waals surface area contributed by atoms with Gasteiger partial charge in [0.05, 0.1) is 0 Å². The van der Waals surface area contributed by atoms with Gasteiger partial charge in [0.25, 0.3) is 0 Å². The number of amides is 2. The van der Waals surface area contributed by atoms with Crippen LogP contribution in [0.4, 0.5) is 9.59 Å². The minimum Gasteiger partial charge on any atom is -0.281 e. The van der Waals surface area contributed by atoms with Crippen LogP contribution >= 0.6 is 36.2 Å². The van der Waals surface area contributed by atoms with Gasteiger partial charge in [0, 0.05) is 36.7 Å². The molecule has 0 heterocycles. The van der Waals surface area contributed by atoms with E-state index in [1.165, 1.54) is 10.0 Å². The van der Waals surface area contributed by atoms with Crippen molar-refractivity contribution in [2.45, 2.75) is 39.5 Å². The molecular formula is C14H22N4O2S3. The summed E-state index contributed by atoms with van der Waals surface area (Å²) in [7, 11) is 3.38. The summed E-state index contributed by atoms with van der Waals surface area (Å²) >= 11 is 11.2. The van der Waals surface area contributed by atoms with Crippen LogP contribution in [0, 0.1) is 10.8 Å². The molecule has 2 fully saturated rings. The van der Waals surface area contributed by atoms with E-state index < -0.39 is 10.5 Å². The summed E-state index contributed by atoms with van der Waals surface area (Å²) in [5.41, 5.74) is 5.21. The molecule has 0 atom stereocenters. The lowest BCUT2D eigenvalue weighted by Gasteiger charge is -2.25. The Morgan fingerprint density at radius 2 is 1.17 bits per heavy atom. The molecule has 0 aromatic rings. The van der Waals surface area contributed by atoms with Crippen molar-refractivity contribution >= 4 is 56.7 Å². The van der Waals surface area contributed by atoms with E-state index in [1.807, 2.05) is 0 Å². The Morgan fingerprint density at radius 3 is 1.43 bits per heavy atom. The van der Waals surface area contributed by atoms with Crippen molar-refractivity contribution in [1.29, 1.82) is 0 Å². The lowest BCUT2D eigenvalue weighted by atomic mass is 10.1. The first-order valence-electron chi connectivity index (χ1n) is 7.43. The number of nitrogens with one attached hydrogen (secondary N) is 2. The molecule has 2 aliphatic carbocycles. The van der Waals surface area contributed by atoms with Crippen molar-refractivity contribution in [2.24, 2.45) is 10.8 Å². The summed E-state index contributed by atoms with van der Waals surface area (Å²) in [5.74, 6) is 0. The second-order valence-electron chi connectivity index (χ2n) is 6.75. The molecule has 2 saturated carbocycles. The minimum absolute atomic E-state index is 0.00357. The van der Waals surface area contributed by atoms with Gasteiger partial charge in [-0.1, -0.05) is 38.3 Å². The van der Waals surface area contributed by atoms with Gasteiger partial charge in [0.1, 0.15) is 9.98 Å².